The van der Waals surface area contributed by atoms with Crippen molar-refractivity contribution in [2.75, 3.05) is 19.7 Å². The molecule has 1 unspecified atom stereocenters. The molecule has 3 heteroatoms. The molecule has 0 aromatic rings. The molecular formula is C27H42N2O. The Labute approximate surface area is 185 Å². The first-order valence-electron chi connectivity index (χ1n) is 11.3. The van der Waals surface area contributed by atoms with Crippen LogP contribution in [-0.4, -0.2) is 36.2 Å². The summed E-state index contributed by atoms with van der Waals surface area (Å²) in [5, 5.41) is 9.91. The summed E-state index contributed by atoms with van der Waals surface area (Å²) < 4.78 is 6.13. The van der Waals surface area contributed by atoms with Gasteiger partial charge in [0.2, 0.25) is 0 Å². The molecule has 30 heavy (non-hydrogen) atoms. The van der Waals surface area contributed by atoms with Crippen LogP contribution in [0, 0.1) is 16.7 Å². The van der Waals surface area contributed by atoms with E-state index in [1.807, 2.05) is 32.1 Å². The Morgan fingerprint density at radius 1 is 1.27 bits per heavy atom. The summed E-state index contributed by atoms with van der Waals surface area (Å²) in [5.74, 6) is 0. The second-order valence-corrected chi connectivity index (χ2v) is 8.87. The summed E-state index contributed by atoms with van der Waals surface area (Å²) in [6, 6.07) is 2.57. The minimum atomic E-state index is -0.503. The van der Waals surface area contributed by atoms with E-state index in [1.165, 1.54) is 5.57 Å². The van der Waals surface area contributed by atoms with Gasteiger partial charge in [-0.1, -0.05) is 68.0 Å². The fourth-order valence-electron chi connectivity index (χ4n) is 3.75. The molecule has 0 aromatic heterocycles. The maximum Gasteiger partial charge on any atom is 0.0960 e. The standard InChI is InChI=1S/C27H42N2O/c1-8-12-13-15-24(14-9-2)21-30-25-19-29(20-25)26(6,7)17-18-27(22-28,16-10-3)23(5)11-4/h9-11,13-16,25H,2,8,12,17-21H2,1,3-7H3/b15-13-,16-10+,23-11+,24-14+. The molecule has 1 fully saturated rings. The Balaban J connectivity index is 2.60. The molecule has 1 heterocycles. The molecule has 0 amide bonds. The fraction of sp³-hybridized carbons (Fsp3) is 0.593. The van der Waals surface area contributed by atoms with Crippen LogP contribution in [0.3, 0.4) is 0 Å². The van der Waals surface area contributed by atoms with E-state index in [1.54, 1.807) is 0 Å². The molecule has 0 spiro atoms. The van der Waals surface area contributed by atoms with Crippen LogP contribution < -0.4 is 0 Å². The lowest BCUT2D eigenvalue weighted by atomic mass is 9.74. The summed E-state index contributed by atoms with van der Waals surface area (Å²) in [6.45, 7) is 19.1. The molecule has 0 N–H and O–H groups in total. The summed E-state index contributed by atoms with van der Waals surface area (Å²) in [6.07, 6.45) is 18.6. The molecule has 0 aromatic carbocycles. The van der Waals surface area contributed by atoms with Gasteiger partial charge in [0.15, 0.2) is 0 Å². The first-order chi connectivity index (χ1) is 14.3. The van der Waals surface area contributed by atoms with Crippen LogP contribution in [0.1, 0.15) is 67.2 Å². The molecule has 1 atom stereocenters. The highest BCUT2D eigenvalue weighted by atomic mass is 16.5. The van der Waals surface area contributed by atoms with Crippen molar-refractivity contribution in [3.8, 4) is 6.07 Å². The van der Waals surface area contributed by atoms with Crippen molar-refractivity contribution in [2.45, 2.75) is 78.9 Å². The zero-order valence-corrected chi connectivity index (χ0v) is 20.1. The number of likely N-dealkylation sites (tertiary alicyclic amines) is 1. The highest BCUT2D eigenvalue weighted by Gasteiger charge is 2.40. The number of nitrogens with zero attached hydrogens (tertiary/aromatic N) is 2. The second-order valence-electron chi connectivity index (χ2n) is 8.87. The van der Waals surface area contributed by atoms with Gasteiger partial charge in [-0.15, -0.1) is 0 Å². The molecule has 166 valence electrons. The van der Waals surface area contributed by atoms with Gasteiger partial charge in [-0.05, 0) is 59.5 Å². The monoisotopic (exact) mass is 410 g/mol. The van der Waals surface area contributed by atoms with E-state index < -0.39 is 5.41 Å². The van der Waals surface area contributed by atoms with Crippen LogP contribution in [0.15, 0.2) is 60.3 Å². The van der Waals surface area contributed by atoms with Gasteiger partial charge in [0, 0.05) is 18.6 Å². The average Bonchev–Trinajstić information content (AvgIpc) is 2.69. The van der Waals surface area contributed by atoms with Crippen LogP contribution in [-0.2, 0) is 4.74 Å². The third kappa shape index (κ3) is 7.42. The molecule has 0 bridgehead atoms. The van der Waals surface area contributed by atoms with Gasteiger partial charge in [0.25, 0.3) is 0 Å². The molecule has 1 aliphatic heterocycles. The van der Waals surface area contributed by atoms with E-state index in [-0.39, 0.29) is 11.6 Å². The summed E-state index contributed by atoms with van der Waals surface area (Å²) >= 11 is 0. The van der Waals surface area contributed by atoms with E-state index in [2.05, 4.69) is 69.5 Å². The maximum absolute atomic E-state index is 9.91. The van der Waals surface area contributed by atoms with Crippen molar-refractivity contribution in [3.63, 3.8) is 0 Å². The number of hydrogen-bond acceptors (Lipinski definition) is 3. The lowest BCUT2D eigenvalue weighted by molar-refractivity contribution is -0.0897. The summed E-state index contributed by atoms with van der Waals surface area (Å²) in [5.41, 5.74) is 1.83. The van der Waals surface area contributed by atoms with Gasteiger partial charge in [0.1, 0.15) is 0 Å². The zero-order valence-electron chi connectivity index (χ0n) is 20.1. The normalized spacial score (nSPS) is 19.1. The molecule has 3 nitrogen and oxygen atoms in total. The van der Waals surface area contributed by atoms with Gasteiger partial charge in [0.05, 0.1) is 24.2 Å². The quantitative estimate of drug-likeness (QED) is 0.248. The predicted octanol–water partition coefficient (Wildman–Crippen LogP) is 6.77. The molecular weight excluding hydrogens is 368 g/mol. The van der Waals surface area contributed by atoms with Crippen molar-refractivity contribution in [1.29, 1.82) is 5.26 Å². The summed E-state index contributed by atoms with van der Waals surface area (Å²) in [4.78, 5) is 2.48. The highest BCUT2D eigenvalue weighted by molar-refractivity contribution is 5.29. The van der Waals surface area contributed by atoms with Crippen LogP contribution in [0.5, 0.6) is 0 Å². The Kier molecular flexibility index (Phi) is 11.1. The molecule has 1 saturated heterocycles. The van der Waals surface area contributed by atoms with E-state index in [0.717, 1.165) is 44.3 Å². The van der Waals surface area contributed by atoms with E-state index >= 15 is 0 Å². The second kappa shape index (κ2) is 12.7. The lowest BCUT2D eigenvalue weighted by Gasteiger charge is -2.49. The Hall–Kier alpha value is -1.89. The van der Waals surface area contributed by atoms with Crippen molar-refractivity contribution < 1.29 is 4.74 Å². The topological polar surface area (TPSA) is 36.3 Å². The smallest absolute Gasteiger partial charge is 0.0960 e. The van der Waals surface area contributed by atoms with Gasteiger partial charge >= 0.3 is 0 Å². The number of ether oxygens (including phenoxy) is 1. The first kappa shape index (κ1) is 26.1. The predicted molar refractivity (Wildman–Crippen MR) is 129 cm³/mol. The number of unbranched alkanes of at least 4 members (excludes halogenated alkanes) is 1. The van der Waals surface area contributed by atoms with Crippen LogP contribution in [0.4, 0.5) is 0 Å². The molecule has 1 rings (SSSR count). The Morgan fingerprint density at radius 3 is 2.50 bits per heavy atom. The number of rotatable bonds is 13. The Bertz CT molecular complexity index is 699. The molecule has 0 saturated carbocycles. The highest BCUT2D eigenvalue weighted by Crippen LogP contribution is 2.38. The maximum atomic E-state index is 9.91. The largest absolute Gasteiger partial charge is 0.371 e. The average molecular weight is 411 g/mol. The number of nitriles is 1. The van der Waals surface area contributed by atoms with Gasteiger partial charge in [-0.2, -0.15) is 5.26 Å². The van der Waals surface area contributed by atoms with Crippen LogP contribution in [0.2, 0.25) is 0 Å². The SMILES string of the molecule is C=C/C=C(\C=C/CCC)COC1CN(C(C)(C)CCC(C#N)(/C=C/C)/C(C)=C/C)C1. The zero-order chi connectivity index (χ0) is 22.6. The van der Waals surface area contributed by atoms with E-state index in [4.69, 9.17) is 4.74 Å². The van der Waals surface area contributed by atoms with Crippen molar-refractivity contribution in [3.05, 3.63) is 60.3 Å². The van der Waals surface area contributed by atoms with Crippen molar-refractivity contribution in [1.82, 2.24) is 4.90 Å². The van der Waals surface area contributed by atoms with Gasteiger partial charge in [-0.25, -0.2) is 0 Å². The van der Waals surface area contributed by atoms with Crippen molar-refractivity contribution >= 4 is 0 Å². The van der Waals surface area contributed by atoms with Gasteiger partial charge < -0.3 is 4.74 Å². The third-order valence-corrected chi connectivity index (χ3v) is 6.23. The summed E-state index contributed by atoms with van der Waals surface area (Å²) in [7, 11) is 0. The first-order valence-corrected chi connectivity index (χ1v) is 11.3. The van der Waals surface area contributed by atoms with Crippen molar-refractivity contribution in [2.24, 2.45) is 5.41 Å². The van der Waals surface area contributed by atoms with E-state index in [0.29, 0.717) is 6.61 Å². The van der Waals surface area contributed by atoms with Gasteiger partial charge in [-0.3, -0.25) is 4.90 Å². The van der Waals surface area contributed by atoms with Crippen LogP contribution in [0.25, 0.3) is 0 Å². The van der Waals surface area contributed by atoms with Crippen LogP contribution >= 0.6 is 0 Å². The number of allylic oxidation sites excluding steroid dienone is 7. The van der Waals surface area contributed by atoms with E-state index in [9.17, 15) is 5.26 Å². The Morgan fingerprint density at radius 2 is 1.97 bits per heavy atom. The fourth-order valence-corrected chi connectivity index (χ4v) is 3.75. The minimum Gasteiger partial charge on any atom is -0.371 e. The number of hydrogen-bond donors (Lipinski definition) is 0. The minimum absolute atomic E-state index is 0.0401. The molecule has 0 radical (unpaired) electrons. The molecule has 0 aliphatic carbocycles. The molecule has 1 aliphatic rings. The lowest BCUT2D eigenvalue weighted by Crippen LogP contribution is -2.61. The third-order valence-electron chi connectivity index (χ3n) is 6.23.